The Bertz CT molecular complexity index is 479. The van der Waals surface area contributed by atoms with Gasteiger partial charge in [-0.15, -0.1) is 0 Å². The first-order valence-corrected chi connectivity index (χ1v) is 7.24. The minimum atomic E-state index is -0.736. The zero-order valence-electron chi connectivity index (χ0n) is 11.2. The number of anilines is 1. The maximum Gasteiger partial charge on any atom is 0.309 e. The Balaban J connectivity index is 2.24. The Morgan fingerprint density at radius 3 is 2.84 bits per heavy atom. The summed E-state index contributed by atoms with van der Waals surface area (Å²) in [4.78, 5) is 13.4. The van der Waals surface area contributed by atoms with E-state index in [4.69, 9.17) is 0 Å². The molecule has 1 aliphatic rings. The van der Waals surface area contributed by atoms with Crippen LogP contribution in [0.5, 0.6) is 0 Å². The Morgan fingerprint density at radius 1 is 1.47 bits per heavy atom. The van der Waals surface area contributed by atoms with Crippen LogP contribution in [0, 0.1) is 12.8 Å². The fourth-order valence-corrected chi connectivity index (χ4v) is 2.59. The molecule has 1 fully saturated rings. The molecule has 0 spiro atoms. The molecule has 0 aliphatic carbocycles. The van der Waals surface area contributed by atoms with Crippen molar-refractivity contribution < 1.29 is 9.90 Å². The van der Waals surface area contributed by atoms with Gasteiger partial charge >= 0.3 is 5.97 Å². The van der Waals surface area contributed by atoms with Gasteiger partial charge in [0.2, 0.25) is 0 Å². The summed E-state index contributed by atoms with van der Waals surface area (Å²) in [7, 11) is 0. The molecule has 1 aromatic rings. The van der Waals surface area contributed by atoms with Gasteiger partial charge in [0.1, 0.15) is 0 Å². The molecule has 104 valence electrons. The monoisotopic (exact) mass is 326 g/mol. The highest BCUT2D eigenvalue weighted by atomic mass is 79.9. The average Bonchev–Trinajstić information content (AvgIpc) is 2.55. The van der Waals surface area contributed by atoms with Crippen LogP contribution in [0.4, 0.5) is 5.69 Å². The van der Waals surface area contributed by atoms with Crippen LogP contribution in [-0.4, -0.2) is 36.8 Å². The molecule has 0 aromatic heterocycles. The first-order valence-electron chi connectivity index (χ1n) is 6.44. The molecule has 2 N–H and O–H groups in total. The lowest BCUT2D eigenvalue weighted by molar-refractivity contribution is -0.141. The average molecular weight is 327 g/mol. The molecule has 2 unspecified atom stereocenters. The SMILES string of the molecule is Cc1cc(N2CC(C)NCC(C(=O)O)C2)ccc1Br. The van der Waals surface area contributed by atoms with Crippen LogP contribution >= 0.6 is 15.9 Å². The number of carboxylic acid groups (broad SMARTS) is 1. The standard InChI is InChI=1S/C14H19BrN2O2/c1-9-5-12(3-4-13(9)15)17-7-10(2)16-6-11(8-17)14(18)19/h3-5,10-11,16H,6-8H2,1-2H3,(H,18,19). The minimum Gasteiger partial charge on any atom is -0.481 e. The molecule has 1 aromatic carbocycles. The Kier molecular flexibility index (Phi) is 4.47. The Labute approximate surface area is 121 Å². The van der Waals surface area contributed by atoms with Gasteiger partial charge in [-0.3, -0.25) is 4.79 Å². The third-order valence-corrected chi connectivity index (χ3v) is 4.39. The second-order valence-corrected chi connectivity index (χ2v) is 6.04. The Morgan fingerprint density at radius 2 is 2.21 bits per heavy atom. The number of carboxylic acids is 1. The fraction of sp³-hybridized carbons (Fsp3) is 0.500. The lowest BCUT2D eigenvalue weighted by Crippen LogP contribution is -2.35. The van der Waals surface area contributed by atoms with Gasteiger partial charge in [0.15, 0.2) is 0 Å². The van der Waals surface area contributed by atoms with Crippen molar-refractivity contribution in [3.8, 4) is 0 Å². The maximum absolute atomic E-state index is 11.2. The van der Waals surface area contributed by atoms with Crippen molar-refractivity contribution in [3.05, 3.63) is 28.2 Å². The van der Waals surface area contributed by atoms with Crippen LogP contribution in [0.2, 0.25) is 0 Å². The lowest BCUT2D eigenvalue weighted by atomic mass is 10.1. The molecule has 1 heterocycles. The van der Waals surface area contributed by atoms with Crippen LogP contribution < -0.4 is 10.2 Å². The number of halogens is 1. The second kappa shape index (κ2) is 5.92. The number of aryl methyl sites for hydroxylation is 1. The van der Waals surface area contributed by atoms with Crippen LogP contribution in [0.15, 0.2) is 22.7 Å². The molecule has 0 radical (unpaired) electrons. The normalized spacial score (nSPS) is 24.1. The van der Waals surface area contributed by atoms with Gasteiger partial charge in [0.05, 0.1) is 5.92 Å². The van der Waals surface area contributed by atoms with Crippen LogP contribution in [0.1, 0.15) is 12.5 Å². The summed E-state index contributed by atoms with van der Waals surface area (Å²) in [6, 6.07) is 6.44. The quantitative estimate of drug-likeness (QED) is 0.875. The van der Waals surface area contributed by atoms with Crippen molar-refractivity contribution in [1.82, 2.24) is 5.32 Å². The third-order valence-electron chi connectivity index (χ3n) is 3.50. The highest BCUT2D eigenvalue weighted by Gasteiger charge is 2.26. The number of benzene rings is 1. The zero-order chi connectivity index (χ0) is 14.0. The second-order valence-electron chi connectivity index (χ2n) is 5.18. The van der Waals surface area contributed by atoms with E-state index in [0.29, 0.717) is 13.1 Å². The number of hydrogen-bond donors (Lipinski definition) is 2. The molecular weight excluding hydrogens is 308 g/mol. The van der Waals surface area contributed by atoms with Gasteiger partial charge in [-0.25, -0.2) is 0 Å². The van der Waals surface area contributed by atoms with Crippen LogP contribution in [-0.2, 0) is 4.79 Å². The number of rotatable bonds is 2. The fourth-order valence-electron chi connectivity index (χ4n) is 2.35. The van der Waals surface area contributed by atoms with Gasteiger partial charge in [-0.1, -0.05) is 15.9 Å². The number of hydrogen-bond acceptors (Lipinski definition) is 3. The minimum absolute atomic E-state index is 0.285. The van der Waals surface area contributed by atoms with Crippen molar-refractivity contribution >= 4 is 27.6 Å². The largest absolute Gasteiger partial charge is 0.481 e. The number of nitrogens with one attached hydrogen (secondary N) is 1. The van der Waals surface area contributed by atoms with E-state index in [1.165, 1.54) is 0 Å². The van der Waals surface area contributed by atoms with E-state index in [9.17, 15) is 9.90 Å². The third kappa shape index (κ3) is 3.48. The molecule has 1 aliphatic heterocycles. The molecule has 5 heteroatoms. The van der Waals surface area contributed by atoms with E-state index < -0.39 is 5.97 Å². The van der Waals surface area contributed by atoms with Gasteiger partial charge in [-0.2, -0.15) is 0 Å². The van der Waals surface area contributed by atoms with Crippen molar-refractivity contribution in [3.63, 3.8) is 0 Å². The smallest absolute Gasteiger partial charge is 0.309 e. The van der Waals surface area contributed by atoms with Crippen LogP contribution in [0.3, 0.4) is 0 Å². The Hall–Kier alpha value is -1.07. The number of aliphatic carboxylic acids is 1. The van der Waals surface area contributed by atoms with Gasteiger partial charge < -0.3 is 15.3 Å². The van der Waals surface area contributed by atoms with E-state index in [2.05, 4.69) is 39.1 Å². The summed E-state index contributed by atoms with van der Waals surface area (Å²) in [5.74, 6) is -1.10. The molecule has 4 nitrogen and oxygen atoms in total. The molecule has 1 saturated heterocycles. The van der Waals surface area contributed by atoms with E-state index in [1.807, 2.05) is 19.1 Å². The summed E-state index contributed by atoms with van der Waals surface area (Å²) in [5, 5.41) is 12.5. The van der Waals surface area contributed by atoms with E-state index in [0.717, 1.165) is 22.3 Å². The van der Waals surface area contributed by atoms with Crippen molar-refractivity contribution in [2.75, 3.05) is 24.5 Å². The molecule has 0 amide bonds. The highest BCUT2D eigenvalue weighted by molar-refractivity contribution is 9.10. The topological polar surface area (TPSA) is 52.6 Å². The summed E-state index contributed by atoms with van der Waals surface area (Å²) < 4.78 is 1.08. The molecule has 19 heavy (non-hydrogen) atoms. The van der Waals surface area contributed by atoms with E-state index in [-0.39, 0.29) is 12.0 Å². The van der Waals surface area contributed by atoms with E-state index in [1.54, 1.807) is 0 Å². The van der Waals surface area contributed by atoms with Gasteiger partial charge in [-0.05, 0) is 37.6 Å². The summed E-state index contributed by atoms with van der Waals surface area (Å²) >= 11 is 3.49. The highest BCUT2D eigenvalue weighted by Crippen LogP contribution is 2.24. The number of nitrogens with zero attached hydrogens (tertiary/aromatic N) is 1. The van der Waals surface area contributed by atoms with Crippen LogP contribution in [0.25, 0.3) is 0 Å². The van der Waals surface area contributed by atoms with Crippen molar-refractivity contribution in [2.24, 2.45) is 5.92 Å². The molecule has 0 bridgehead atoms. The summed E-state index contributed by atoms with van der Waals surface area (Å²) in [6.45, 7) is 6.03. The molecule has 0 saturated carbocycles. The molecule has 2 atom stereocenters. The van der Waals surface area contributed by atoms with Crippen molar-refractivity contribution in [2.45, 2.75) is 19.9 Å². The molecule has 2 rings (SSSR count). The maximum atomic E-state index is 11.2. The summed E-state index contributed by atoms with van der Waals surface area (Å²) in [5.41, 5.74) is 2.25. The number of carbonyl (C=O) groups is 1. The van der Waals surface area contributed by atoms with Gasteiger partial charge in [0, 0.05) is 35.8 Å². The zero-order valence-corrected chi connectivity index (χ0v) is 12.8. The molecular formula is C14H19BrN2O2. The van der Waals surface area contributed by atoms with E-state index >= 15 is 0 Å². The predicted octanol–water partition coefficient (Wildman–Crippen LogP) is 2.26. The first kappa shape index (κ1) is 14.3. The predicted molar refractivity (Wildman–Crippen MR) is 79.7 cm³/mol. The summed E-state index contributed by atoms with van der Waals surface area (Å²) in [6.07, 6.45) is 0. The first-order chi connectivity index (χ1) is 8.97. The lowest BCUT2D eigenvalue weighted by Gasteiger charge is -2.26. The van der Waals surface area contributed by atoms with Crippen molar-refractivity contribution in [1.29, 1.82) is 0 Å². The van der Waals surface area contributed by atoms with Gasteiger partial charge in [0.25, 0.3) is 0 Å².